The van der Waals surface area contributed by atoms with E-state index in [1.807, 2.05) is 0 Å². The Morgan fingerprint density at radius 2 is 1.11 bits per heavy atom. The van der Waals surface area contributed by atoms with Gasteiger partial charge in [0.1, 0.15) is 40.6 Å². The van der Waals surface area contributed by atoms with Crippen molar-refractivity contribution in [3.8, 4) is 34.5 Å². The first kappa shape index (κ1) is 21.2. The standard InChI is InChI=1S/C28H22O7/c29-15-5-1-13(2-6-15)23-24-19(9-17(31)11-21(24)33)26-25-20(27(23)34)10-18(32)12-22(25)35-28(26)14-3-7-16(30)8-4-14/h1-12,23,26-34H/t23-,26-,27-,28-/m0/s1. The molecule has 0 bridgehead atoms. The van der Waals surface area contributed by atoms with Crippen molar-refractivity contribution in [1.82, 2.24) is 0 Å². The van der Waals surface area contributed by atoms with Crippen molar-refractivity contribution >= 4 is 0 Å². The monoisotopic (exact) mass is 470 g/mol. The minimum absolute atomic E-state index is 0.0622. The van der Waals surface area contributed by atoms with Crippen LogP contribution in [0, 0.1) is 0 Å². The summed E-state index contributed by atoms with van der Waals surface area (Å²) < 4.78 is 6.29. The van der Waals surface area contributed by atoms with Gasteiger partial charge in [-0.1, -0.05) is 24.3 Å². The van der Waals surface area contributed by atoms with E-state index in [1.54, 1.807) is 42.5 Å². The van der Waals surface area contributed by atoms with Gasteiger partial charge in [0.2, 0.25) is 0 Å². The fourth-order valence-corrected chi connectivity index (χ4v) is 5.52. The van der Waals surface area contributed by atoms with Crippen molar-refractivity contribution in [3.63, 3.8) is 0 Å². The van der Waals surface area contributed by atoms with E-state index in [0.29, 0.717) is 33.6 Å². The average molecular weight is 470 g/mol. The molecule has 4 atom stereocenters. The summed E-state index contributed by atoms with van der Waals surface area (Å²) >= 11 is 0. The molecule has 176 valence electrons. The topological polar surface area (TPSA) is 131 Å². The Hall–Kier alpha value is -4.36. The van der Waals surface area contributed by atoms with Crippen LogP contribution in [0.5, 0.6) is 34.5 Å². The summed E-state index contributed by atoms with van der Waals surface area (Å²) in [6, 6.07) is 18.7. The first-order chi connectivity index (χ1) is 16.8. The first-order valence-corrected chi connectivity index (χ1v) is 11.2. The number of rotatable bonds is 2. The highest BCUT2D eigenvalue weighted by Crippen LogP contribution is 2.60. The van der Waals surface area contributed by atoms with Crippen molar-refractivity contribution in [2.24, 2.45) is 0 Å². The minimum atomic E-state index is -1.18. The molecule has 0 spiro atoms. The van der Waals surface area contributed by atoms with Gasteiger partial charge in [0.25, 0.3) is 0 Å². The molecule has 1 aliphatic heterocycles. The van der Waals surface area contributed by atoms with Crippen LogP contribution in [0.3, 0.4) is 0 Å². The van der Waals surface area contributed by atoms with Gasteiger partial charge in [-0.15, -0.1) is 0 Å². The van der Waals surface area contributed by atoms with Gasteiger partial charge in [-0.05, 0) is 58.7 Å². The molecule has 35 heavy (non-hydrogen) atoms. The molecule has 4 aromatic carbocycles. The zero-order chi connectivity index (χ0) is 24.4. The van der Waals surface area contributed by atoms with Crippen LogP contribution < -0.4 is 4.74 Å². The third-order valence-electron chi connectivity index (χ3n) is 6.96. The minimum Gasteiger partial charge on any atom is -0.508 e. The SMILES string of the molecule is Oc1ccc([C@H]2c3c(O)cc(O)cc3[C@H]3c4c(cc(O)cc4[C@@H]2O)O[C@H]3c2ccc(O)cc2)cc1. The van der Waals surface area contributed by atoms with E-state index < -0.39 is 24.0 Å². The Bertz CT molecular complexity index is 1440. The summed E-state index contributed by atoms with van der Waals surface area (Å²) in [5, 5.41) is 63.3. The summed E-state index contributed by atoms with van der Waals surface area (Å²) in [4.78, 5) is 0. The second-order valence-corrected chi connectivity index (χ2v) is 9.04. The van der Waals surface area contributed by atoms with E-state index in [9.17, 15) is 30.6 Å². The van der Waals surface area contributed by atoms with Crippen molar-refractivity contribution in [1.29, 1.82) is 0 Å². The van der Waals surface area contributed by atoms with Crippen LogP contribution in [0.1, 0.15) is 57.4 Å². The zero-order valence-corrected chi connectivity index (χ0v) is 18.3. The Morgan fingerprint density at radius 1 is 0.543 bits per heavy atom. The number of ether oxygens (including phenoxy) is 1. The molecule has 7 heteroatoms. The number of phenolic OH excluding ortho intramolecular Hbond substituents is 5. The predicted molar refractivity (Wildman–Crippen MR) is 126 cm³/mol. The summed E-state index contributed by atoms with van der Waals surface area (Å²) in [7, 11) is 0. The van der Waals surface area contributed by atoms with Crippen LogP contribution in [0.4, 0.5) is 0 Å². The molecule has 6 rings (SSSR count). The molecular formula is C28H22O7. The molecule has 0 saturated carbocycles. The second kappa shape index (κ2) is 7.58. The highest BCUT2D eigenvalue weighted by atomic mass is 16.5. The van der Waals surface area contributed by atoms with Crippen molar-refractivity contribution in [3.05, 3.63) is 106 Å². The highest BCUT2D eigenvalue weighted by Gasteiger charge is 2.47. The number of phenols is 5. The molecule has 2 aliphatic rings. The van der Waals surface area contributed by atoms with Gasteiger partial charge in [0.05, 0.1) is 12.0 Å². The summed E-state index contributed by atoms with van der Waals surface area (Å²) in [6.45, 7) is 0. The molecule has 0 saturated heterocycles. The van der Waals surface area contributed by atoms with Crippen LogP contribution in [-0.4, -0.2) is 30.6 Å². The third kappa shape index (κ3) is 3.24. The van der Waals surface area contributed by atoms with Gasteiger partial charge in [-0.2, -0.15) is 0 Å². The Balaban J connectivity index is 1.67. The van der Waals surface area contributed by atoms with E-state index in [0.717, 1.165) is 5.56 Å². The summed E-state index contributed by atoms with van der Waals surface area (Å²) in [5.41, 5.74) is 3.46. The lowest BCUT2D eigenvalue weighted by molar-refractivity contribution is 0.157. The molecule has 4 aromatic rings. The van der Waals surface area contributed by atoms with E-state index >= 15 is 0 Å². The average Bonchev–Trinajstić information content (AvgIpc) is 3.15. The van der Waals surface area contributed by atoms with Crippen molar-refractivity contribution in [2.45, 2.75) is 24.0 Å². The largest absolute Gasteiger partial charge is 0.508 e. The molecule has 1 aliphatic carbocycles. The maximum Gasteiger partial charge on any atom is 0.135 e. The quantitative estimate of drug-likeness (QED) is 0.251. The van der Waals surface area contributed by atoms with E-state index in [-0.39, 0.29) is 28.7 Å². The Morgan fingerprint density at radius 3 is 1.77 bits per heavy atom. The van der Waals surface area contributed by atoms with Crippen LogP contribution in [0.15, 0.2) is 72.8 Å². The molecule has 0 radical (unpaired) electrons. The van der Waals surface area contributed by atoms with Crippen molar-refractivity contribution in [2.75, 3.05) is 0 Å². The molecule has 0 fully saturated rings. The molecule has 0 unspecified atom stereocenters. The lowest BCUT2D eigenvalue weighted by Crippen LogP contribution is -2.15. The van der Waals surface area contributed by atoms with Crippen LogP contribution in [0.25, 0.3) is 0 Å². The number of hydrogen-bond acceptors (Lipinski definition) is 7. The summed E-state index contributed by atoms with van der Waals surface area (Å²) in [6.07, 6.45) is -1.79. The van der Waals surface area contributed by atoms with Gasteiger partial charge in [-0.3, -0.25) is 0 Å². The van der Waals surface area contributed by atoms with Crippen LogP contribution in [-0.2, 0) is 0 Å². The number of fused-ring (bicyclic) bond motifs is 2. The highest BCUT2D eigenvalue weighted by molar-refractivity contribution is 5.65. The predicted octanol–water partition coefficient (Wildman–Crippen LogP) is 4.66. The Kier molecular flexibility index (Phi) is 4.59. The van der Waals surface area contributed by atoms with E-state index in [4.69, 9.17) is 4.74 Å². The van der Waals surface area contributed by atoms with Gasteiger partial charge in [0, 0.05) is 29.2 Å². The second-order valence-electron chi connectivity index (χ2n) is 9.04. The number of aliphatic hydroxyl groups excluding tert-OH is 1. The number of hydrogen-bond donors (Lipinski definition) is 6. The fourth-order valence-electron chi connectivity index (χ4n) is 5.52. The number of aliphatic hydroxyl groups is 1. The molecule has 7 nitrogen and oxygen atoms in total. The lowest BCUT2D eigenvalue weighted by atomic mass is 9.80. The third-order valence-corrected chi connectivity index (χ3v) is 6.96. The van der Waals surface area contributed by atoms with Crippen LogP contribution >= 0.6 is 0 Å². The molecular weight excluding hydrogens is 448 g/mol. The Labute approximate surface area is 200 Å². The fraction of sp³-hybridized carbons (Fsp3) is 0.143. The molecule has 0 aromatic heterocycles. The normalized spacial score (nSPS) is 22.1. The number of benzene rings is 4. The summed E-state index contributed by atoms with van der Waals surface area (Å²) in [5.74, 6) is -1.15. The first-order valence-electron chi connectivity index (χ1n) is 11.2. The van der Waals surface area contributed by atoms with Gasteiger partial charge in [-0.25, -0.2) is 0 Å². The lowest BCUT2D eigenvalue weighted by Gasteiger charge is -2.27. The molecule has 1 heterocycles. The van der Waals surface area contributed by atoms with Crippen molar-refractivity contribution < 1.29 is 35.4 Å². The maximum atomic E-state index is 11.7. The zero-order valence-electron chi connectivity index (χ0n) is 18.3. The molecule has 6 N–H and O–H groups in total. The van der Waals surface area contributed by atoms with E-state index in [1.165, 1.54) is 30.3 Å². The van der Waals surface area contributed by atoms with Gasteiger partial charge < -0.3 is 35.4 Å². The van der Waals surface area contributed by atoms with Gasteiger partial charge in [0.15, 0.2) is 0 Å². The molecule has 0 amide bonds. The number of aromatic hydroxyl groups is 5. The maximum absolute atomic E-state index is 11.7. The van der Waals surface area contributed by atoms with E-state index in [2.05, 4.69) is 0 Å². The van der Waals surface area contributed by atoms with Gasteiger partial charge >= 0.3 is 0 Å². The van der Waals surface area contributed by atoms with Crippen LogP contribution in [0.2, 0.25) is 0 Å². The smallest absolute Gasteiger partial charge is 0.135 e.